The molecule has 1 heterocycles. The van der Waals surface area contributed by atoms with Gasteiger partial charge < -0.3 is 9.26 Å². The summed E-state index contributed by atoms with van der Waals surface area (Å²) in [6.07, 6.45) is 0. The molecule has 0 bridgehead atoms. The molecule has 0 N–H and O–H groups in total. The third-order valence-corrected chi connectivity index (χ3v) is 3.16. The average molecular weight is 311 g/mol. The van der Waals surface area contributed by atoms with E-state index >= 15 is 0 Å². The van der Waals surface area contributed by atoms with Gasteiger partial charge in [-0.3, -0.25) is 10.1 Å². The minimum atomic E-state index is -0.481. The lowest BCUT2D eigenvalue weighted by molar-refractivity contribution is -0.386. The summed E-state index contributed by atoms with van der Waals surface area (Å²) >= 11 is 0. The molecule has 0 saturated carbocycles. The van der Waals surface area contributed by atoms with E-state index in [2.05, 4.69) is 10.1 Å². The van der Waals surface area contributed by atoms with Gasteiger partial charge in [0.05, 0.1) is 4.92 Å². The normalized spacial score (nSPS) is 10.5. The number of nitro benzene ring substituents is 1. The van der Waals surface area contributed by atoms with Crippen LogP contribution in [0.25, 0.3) is 11.4 Å². The molecule has 0 atom stereocenters. The molecule has 0 spiro atoms. The second kappa shape index (κ2) is 6.27. The van der Waals surface area contributed by atoms with Crippen LogP contribution in [0.15, 0.2) is 53.1 Å². The van der Waals surface area contributed by atoms with Gasteiger partial charge in [-0.05, 0) is 18.6 Å². The first-order valence-corrected chi connectivity index (χ1v) is 6.89. The maximum absolute atomic E-state index is 11.0. The first kappa shape index (κ1) is 14.7. The number of ether oxygens (including phenoxy) is 1. The van der Waals surface area contributed by atoms with Crippen molar-refractivity contribution < 1.29 is 14.2 Å². The van der Waals surface area contributed by atoms with Gasteiger partial charge in [0.25, 0.3) is 5.89 Å². The largest absolute Gasteiger partial charge is 0.477 e. The fourth-order valence-electron chi connectivity index (χ4n) is 2.05. The molecule has 0 saturated heterocycles. The van der Waals surface area contributed by atoms with Crippen LogP contribution in [0.2, 0.25) is 0 Å². The van der Waals surface area contributed by atoms with Gasteiger partial charge in [0.1, 0.15) is 0 Å². The highest BCUT2D eigenvalue weighted by molar-refractivity contribution is 5.53. The molecule has 2 aromatic carbocycles. The zero-order valence-corrected chi connectivity index (χ0v) is 12.3. The van der Waals surface area contributed by atoms with E-state index in [4.69, 9.17) is 9.26 Å². The highest BCUT2D eigenvalue weighted by atomic mass is 16.6. The lowest BCUT2D eigenvalue weighted by atomic mass is 10.2. The minimum absolute atomic E-state index is 0.0380. The maximum Gasteiger partial charge on any atom is 0.311 e. The molecule has 23 heavy (non-hydrogen) atoms. The second-order valence-corrected chi connectivity index (χ2v) is 4.89. The summed E-state index contributed by atoms with van der Waals surface area (Å²) in [5.74, 6) is 0.862. The molecule has 0 aliphatic rings. The number of benzene rings is 2. The van der Waals surface area contributed by atoms with Gasteiger partial charge >= 0.3 is 5.69 Å². The Bertz CT molecular complexity index is 830. The van der Waals surface area contributed by atoms with Crippen LogP contribution < -0.4 is 4.74 Å². The fourth-order valence-corrected chi connectivity index (χ4v) is 2.05. The van der Waals surface area contributed by atoms with Crippen LogP contribution in [0, 0.1) is 17.0 Å². The van der Waals surface area contributed by atoms with Crippen molar-refractivity contribution in [3.8, 4) is 17.1 Å². The molecule has 3 aromatic rings. The summed E-state index contributed by atoms with van der Waals surface area (Å²) in [7, 11) is 0. The lowest BCUT2D eigenvalue weighted by Gasteiger charge is -2.04. The molecule has 0 radical (unpaired) electrons. The Morgan fingerprint density at radius 1 is 1.22 bits per heavy atom. The van der Waals surface area contributed by atoms with Crippen molar-refractivity contribution in [3.05, 3.63) is 70.1 Å². The van der Waals surface area contributed by atoms with Gasteiger partial charge in [-0.15, -0.1) is 0 Å². The summed E-state index contributed by atoms with van der Waals surface area (Å²) in [6.45, 7) is 1.74. The number of aromatic nitrogens is 2. The Morgan fingerprint density at radius 2 is 2.00 bits per heavy atom. The summed E-state index contributed by atoms with van der Waals surface area (Å²) in [4.78, 5) is 14.8. The standard InChI is InChI=1S/C16H13N3O4/c1-11-7-8-14(13(9-11)19(20)21)22-10-15-17-16(18-23-15)12-5-3-2-4-6-12/h2-9H,10H2,1H3. The molecule has 1 aromatic heterocycles. The molecular formula is C16H13N3O4. The second-order valence-electron chi connectivity index (χ2n) is 4.89. The maximum atomic E-state index is 11.0. The third-order valence-electron chi connectivity index (χ3n) is 3.16. The van der Waals surface area contributed by atoms with E-state index in [9.17, 15) is 10.1 Å². The van der Waals surface area contributed by atoms with E-state index in [0.717, 1.165) is 11.1 Å². The molecule has 0 amide bonds. The van der Waals surface area contributed by atoms with Crippen LogP contribution in [0.5, 0.6) is 5.75 Å². The highest BCUT2D eigenvalue weighted by Gasteiger charge is 2.16. The first-order chi connectivity index (χ1) is 11.1. The topological polar surface area (TPSA) is 91.3 Å². The monoisotopic (exact) mass is 311 g/mol. The van der Waals surface area contributed by atoms with Crippen LogP contribution in [-0.4, -0.2) is 15.1 Å². The van der Waals surface area contributed by atoms with Crippen LogP contribution in [-0.2, 0) is 6.61 Å². The first-order valence-electron chi connectivity index (χ1n) is 6.89. The molecule has 7 nitrogen and oxygen atoms in total. The van der Waals surface area contributed by atoms with Crippen molar-refractivity contribution in [1.29, 1.82) is 0 Å². The van der Waals surface area contributed by atoms with Gasteiger partial charge in [-0.2, -0.15) is 4.98 Å². The van der Waals surface area contributed by atoms with E-state index in [0.29, 0.717) is 5.82 Å². The Morgan fingerprint density at radius 3 is 2.74 bits per heavy atom. The van der Waals surface area contributed by atoms with Crippen LogP contribution in [0.4, 0.5) is 5.69 Å². The van der Waals surface area contributed by atoms with Gasteiger partial charge in [-0.25, -0.2) is 0 Å². The molecule has 0 unspecified atom stereocenters. The summed E-state index contributed by atoms with van der Waals surface area (Å²) in [5.41, 5.74) is 1.52. The Kier molecular flexibility index (Phi) is 4.01. The number of hydrogen-bond donors (Lipinski definition) is 0. The highest BCUT2D eigenvalue weighted by Crippen LogP contribution is 2.28. The quantitative estimate of drug-likeness (QED) is 0.528. The number of nitro groups is 1. The number of hydrogen-bond acceptors (Lipinski definition) is 6. The summed E-state index contributed by atoms with van der Waals surface area (Å²) in [6, 6.07) is 14.1. The summed E-state index contributed by atoms with van der Waals surface area (Å²) < 4.78 is 10.6. The molecule has 3 rings (SSSR count). The van der Waals surface area contributed by atoms with E-state index < -0.39 is 4.92 Å². The van der Waals surface area contributed by atoms with Crippen molar-refractivity contribution in [2.24, 2.45) is 0 Å². The van der Waals surface area contributed by atoms with E-state index in [-0.39, 0.29) is 23.9 Å². The average Bonchev–Trinajstić information content (AvgIpc) is 3.03. The minimum Gasteiger partial charge on any atom is -0.477 e. The molecule has 0 fully saturated rings. The van der Waals surface area contributed by atoms with Crippen LogP contribution in [0.1, 0.15) is 11.5 Å². The number of rotatable bonds is 5. The van der Waals surface area contributed by atoms with Gasteiger partial charge in [0.2, 0.25) is 5.82 Å². The van der Waals surface area contributed by atoms with E-state index in [1.54, 1.807) is 19.1 Å². The molecular weight excluding hydrogens is 298 g/mol. The van der Waals surface area contributed by atoms with Gasteiger partial charge in [0.15, 0.2) is 12.4 Å². The van der Waals surface area contributed by atoms with Gasteiger partial charge in [0, 0.05) is 11.6 Å². The van der Waals surface area contributed by atoms with Gasteiger partial charge in [-0.1, -0.05) is 41.6 Å². The zero-order chi connectivity index (χ0) is 16.2. The Hall–Kier alpha value is -3.22. The van der Waals surface area contributed by atoms with Crippen molar-refractivity contribution in [1.82, 2.24) is 10.1 Å². The molecule has 0 aliphatic carbocycles. The molecule has 7 heteroatoms. The van der Waals surface area contributed by atoms with Crippen molar-refractivity contribution in [3.63, 3.8) is 0 Å². The van der Waals surface area contributed by atoms with Crippen LogP contribution in [0.3, 0.4) is 0 Å². The van der Waals surface area contributed by atoms with Crippen LogP contribution >= 0.6 is 0 Å². The number of aryl methyl sites for hydroxylation is 1. The predicted octanol–water partition coefficient (Wildman–Crippen LogP) is 3.53. The lowest BCUT2D eigenvalue weighted by Crippen LogP contribution is -1.99. The zero-order valence-electron chi connectivity index (χ0n) is 12.3. The molecule has 116 valence electrons. The predicted molar refractivity (Wildman–Crippen MR) is 81.9 cm³/mol. The molecule has 0 aliphatic heterocycles. The van der Waals surface area contributed by atoms with Crippen molar-refractivity contribution in [2.45, 2.75) is 13.5 Å². The van der Waals surface area contributed by atoms with E-state index in [1.165, 1.54) is 6.07 Å². The van der Waals surface area contributed by atoms with Crippen molar-refractivity contribution in [2.75, 3.05) is 0 Å². The SMILES string of the molecule is Cc1ccc(OCc2nc(-c3ccccc3)no2)c([N+](=O)[O-])c1. The Labute approximate surface area is 131 Å². The summed E-state index contributed by atoms with van der Waals surface area (Å²) in [5, 5.41) is 14.9. The smallest absolute Gasteiger partial charge is 0.311 e. The third kappa shape index (κ3) is 3.34. The van der Waals surface area contributed by atoms with E-state index in [1.807, 2.05) is 30.3 Å². The number of nitrogens with zero attached hydrogens (tertiary/aromatic N) is 3. The fraction of sp³-hybridized carbons (Fsp3) is 0.125. The Balaban J connectivity index is 1.75. The van der Waals surface area contributed by atoms with Crippen molar-refractivity contribution >= 4 is 5.69 Å².